The summed E-state index contributed by atoms with van der Waals surface area (Å²) in [6.07, 6.45) is 1.12. The van der Waals surface area contributed by atoms with Crippen LogP contribution in [-0.2, 0) is 6.42 Å². The van der Waals surface area contributed by atoms with Gasteiger partial charge in [-0.3, -0.25) is 0 Å². The van der Waals surface area contributed by atoms with Crippen LogP contribution in [0.25, 0.3) is 0 Å². The van der Waals surface area contributed by atoms with Gasteiger partial charge in [0.05, 0.1) is 4.34 Å². The molecule has 1 aromatic rings. The third-order valence-electron chi connectivity index (χ3n) is 2.94. The van der Waals surface area contributed by atoms with E-state index >= 15 is 0 Å². The highest BCUT2D eigenvalue weighted by molar-refractivity contribution is 7.16. The Morgan fingerprint density at radius 1 is 1.38 bits per heavy atom. The van der Waals surface area contributed by atoms with Crippen molar-refractivity contribution in [3.05, 3.63) is 21.3 Å². The van der Waals surface area contributed by atoms with Crippen LogP contribution in [0.1, 0.15) is 32.6 Å². The summed E-state index contributed by atoms with van der Waals surface area (Å²) in [4.78, 5) is 1.39. The summed E-state index contributed by atoms with van der Waals surface area (Å²) in [5, 5.41) is 3.45. The van der Waals surface area contributed by atoms with Crippen LogP contribution in [0, 0.1) is 11.3 Å². The fraction of sp³-hybridized carbons (Fsp3) is 0.692. The average molecular weight is 260 g/mol. The van der Waals surface area contributed by atoms with E-state index in [-0.39, 0.29) is 0 Å². The number of hydrogen-bond acceptors (Lipinski definition) is 2. The van der Waals surface area contributed by atoms with Crippen LogP contribution >= 0.6 is 22.9 Å². The van der Waals surface area contributed by atoms with Gasteiger partial charge in [0.1, 0.15) is 0 Å². The van der Waals surface area contributed by atoms with E-state index in [0.717, 1.165) is 23.8 Å². The van der Waals surface area contributed by atoms with E-state index in [0.29, 0.717) is 11.3 Å². The van der Waals surface area contributed by atoms with Gasteiger partial charge >= 0.3 is 0 Å². The van der Waals surface area contributed by atoms with Crippen molar-refractivity contribution in [1.82, 2.24) is 5.32 Å². The highest BCUT2D eigenvalue weighted by Crippen LogP contribution is 2.31. The van der Waals surface area contributed by atoms with E-state index in [1.165, 1.54) is 4.88 Å². The minimum atomic E-state index is 0.332. The third-order valence-corrected chi connectivity index (χ3v) is 4.20. The number of rotatable bonds is 5. The van der Waals surface area contributed by atoms with Gasteiger partial charge in [0.2, 0.25) is 0 Å². The molecule has 1 heterocycles. The lowest BCUT2D eigenvalue weighted by Crippen LogP contribution is -2.33. The first-order chi connectivity index (χ1) is 7.43. The van der Waals surface area contributed by atoms with E-state index in [4.69, 9.17) is 11.6 Å². The van der Waals surface area contributed by atoms with Crippen LogP contribution in [0.3, 0.4) is 0 Å². The van der Waals surface area contributed by atoms with Gasteiger partial charge in [-0.2, -0.15) is 0 Å². The molecule has 0 aliphatic heterocycles. The van der Waals surface area contributed by atoms with Crippen molar-refractivity contribution in [3.63, 3.8) is 0 Å². The summed E-state index contributed by atoms with van der Waals surface area (Å²) in [6.45, 7) is 11.2. The first kappa shape index (κ1) is 14.0. The van der Waals surface area contributed by atoms with Gasteiger partial charge < -0.3 is 5.32 Å². The van der Waals surface area contributed by atoms with E-state index < -0.39 is 0 Å². The van der Waals surface area contributed by atoms with Gasteiger partial charge in [-0.15, -0.1) is 11.3 Å². The smallest absolute Gasteiger partial charge is 0.0931 e. The van der Waals surface area contributed by atoms with Crippen molar-refractivity contribution < 1.29 is 0 Å². The lowest BCUT2D eigenvalue weighted by molar-refractivity contribution is 0.233. The van der Waals surface area contributed by atoms with Crippen molar-refractivity contribution in [1.29, 1.82) is 0 Å². The van der Waals surface area contributed by atoms with Gasteiger partial charge in [-0.05, 0) is 43.0 Å². The van der Waals surface area contributed by atoms with Gasteiger partial charge in [-0.25, -0.2) is 0 Å². The molecule has 0 aliphatic carbocycles. The summed E-state index contributed by atoms with van der Waals surface area (Å²) in [7, 11) is 0. The van der Waals surface area contributed by atoms with Crippen molar-refractivity contribution in [2.24, 2.45) is 11.3 Å². The summed E-state index contributed by atoms with van der Waals surface area (Å²) < 4.78 is 0.895. The normalized spacial score (nSPS) is 14.1. The third kappa shape index (κ3) is 4.44. The lowest BCUT2D eigenvalue weighted by Gasteiger charge is -2.30. The topological polar surface area (TPSA) is 12.0 Å². The molecule has 1 aromatic heterocycles. The molecule has 3 heteroatoms. The predicted octanol–water partition coefficient (Wildman–Crippen LogP) is 4.22. The van der Waals surface area contributed by atoms with Crippen LogP contribution in [0.5, 0.6) is 0 Å². The maximum absolute atomic E-state index is 5.97. The highest BCUT2D eigenvalue weighted by Gasteiger charge is 2.24. The summed E-state index contributed by atoms with van der Waals surface area (Å²) in [6, 6.07) is 4.15. The molecule has 0 saturated carbocycles. The van der Waals surface area contributed by atoms with Crippen LogP contribution in [0.15, 0.2) is 12.1 Å². The standard InChI is InChI=1S/C13H22ClNS/c1-5-15-9-10(13(2,3)4)8-11-6-7-12(14)16-11/h6-7,10,15H,5,8-9H2,1-4H3. The second kappa shape index (κ2) is 6.04. The van der Waals surface area contributed by atoms with Crippen molar-refractivity contribution >= 4 is 22.9 Å². The Hall–Kier alpha value is -0.0500. The lowest BCUT2D eigenvalue weighted by atomic mass is 9.78. The maximum atomic E-state index is 5.97. The fourth-order valence-electron chi connectivity index (χ4n) is 1.71. The number of halogens is 1. The van der Waals surface area contributed by atoms with E-state index in [2.05, 4.69) is 39.1 Å². The van der Waals surface area contributed by atoms with Gasteiger partial charge in [0.15, 0.2) is 0 Å². The molecule has 1 atom stereocenters. The monoisotopic (exact) mass is 259 g/mol. The molecular weight excluding hydrogens is 238 g/mol. The molecule has 1 rings (SSSR count). The predicted molar refractivity (Wildman–Crippen MR) is 74.5 cm³/mol. The Kier molecular flexibility index (Phi) is 5.29. The SMILES string of the molecule is CCNCC(Cc1ccc(Cl)s1)C(C)(C)C. The molecule has 0 spiro atoms. The first-order valence-corrected chi connectivity index (χ1v) is 7.08. The molecule has 92 valence electrons. The minimum absolute atomic E-state index is 0.332. The molecule has 1 nitrogen and oxygen atoms in total. The Morgan fingerprint density at radius 2 is 2.06 bits per heavy atom. The molecule has 0 bridgehead atoms. The van der Waals surface area contributed by atoms with Crippen LogP contribution in [-0.4, -0.2) is 13.1 Å². The summed E-state index contributed by atoms with van der Waals surface area (Å²) in [5.41, 5.74) is 0.332. The average Bonchev–Trinajstić information content (AvgIpc) is 2.57. The van der Waals surface area contributed by atoms with E-state index in [1.807, 2.05) is 6.07 Å². The summed E-state index contributed by atoms with van der Waals surface area (Å²) in [5.74, 6) is 0.655. The Balaban J connectivity index is 2.63. The zero-order valence-corrected chi connectivity index (χ0v) is 12.2. The zero-order valence-electron chi connectivity index (χ0n) is 10.6. The molecule has 0 fully saturated rings. The number of nitrogens with one attached hydrogen (secondary N) is 1. The van der Waals surface area contributed by atoms with Crippen LogP contribution in [0.2, 0.25) is 4.34 Å². The highest BCUT2D eigenvalue weighted by atomic mass is 35.5. The summed E-state index contributed by atoms with van der Waals surface area (Å²) >= 11 is 7.67. The Labute approximate surface area is 108 Å². The second-order valence-electron chi connectivity index (χ2n) is 5.28. The molecule has 0 saturated heterocycles. The molecular formula is C13H22ClNS. The van der Waals surface area contributed by atoms with E-state index in [1.54, 1.807) is 11.3 Å². The molecule has 0 aromatic carbocycles. The largest absolute Gasteiger partial charge is 0.317 e. The quantitative estimate of drug-likeness (QED) is 0.835. The Morgan fingerprint density at radius 3 is 2.50 bits per heavy atom. The molecule has 16 heavy (non-hydrogen) atoms. The number of hydrogen-bond donors (Lipinski definition) is 1. The minimum Gasteiger partial charge on any atom is -0.317 e. The maximum Gasteiger partial charge on any atom is 0.0931 e. The molecule has 0 radical (unpaired) electrons. The molecule has 1 N–H and O–H groups in total. The van der Waals surface area contributed by atoms with Gasteiger partial charge in [-0.1, -0.05) is 39.3 Å². The van der Waals surface area contributed by atoms with Crippen molar-refractivity contribution in [3.8, 4) is 0 Å². The fourth-order valence-corrected chi connectivity index (χ4v) is 2.87. The first-order valence-electron chi connectivity index (χ1n) is 5.88. The zero-order chi connectivity index (χ0) is 12.2. The van der Waals surface area contributed by atoms with Crippen molar-refractivity contribution in [2.45, 2.75) is 34.1 Å². The second-order valence-corrected chi connectivity index (χ2v) is 7.08. The van der Waals surface area contributed by atoms with Crippen LogP contribution in [0.4, 0.5) is 0 Å². The molecule has 0 amide bonds. The number of thiophene rings is 1. The molecule has 1 unspecified atom stereocenters. The van der Waals surface area contributed by atoms with E-state index in [9.17, 15) is 0 Å². The van der Waals surface area contributed by atoms with Gasteiger partial charge in [0, 0.05) is 4.88 Å². The van der Waals surface area contributed by atoms with Crippen molar-refractivity contribution in [2.75, 3.05) is 13.1 Å². The van der Waals surface area contributed by atoms with Gasteiger partial charge in [0.25, 0.3) is 0 Å². The van der Waals surface area contributed by atoms with Crippen LogP contribution < -0.4 is 5.32 Å². The molecule has 0 aliphatic rings. The Bertz CT molecular complexity index is 314.